The minimum absolute atomic E-state index is 0.274. The van der Waals surface area contributed by atoms with E-state index in [0.717, 1.165) is 37.3 Å². The Morgan fingerprint density at radius 1 is 1.38 bits per heavy atom. The SMILES string of the molecule is Cc1[nH]ncc1C1CCN(c2ccncc2C(=O)O)CC1. The molecular weight excluding hydrogens is 268 g/mol. The molecule has 0 radical (unpaired) electrons. The minimum atomic E-state index is -0.925. The maximum absolute atomic E-state index is 11.3. The summed E-state index contributed by atoms with van der Waals surface area (Å²) in [7, 11) is 0. The van der Waals surface area contributed by atoms with Gasteiger partial charge in [0.05, 0.1) is 11.9 Å². The monoisotopic (exact) mass is 286 g/mol. The molecule has 0 aliphatic carbocycles. The normalized spacial score (nSPS) is 16.1. The average molecular weight is 286 g/mol. The molecule has 0 atom stereocenters. The molecule has 2 aromatic rings. The van der Waals surface area contributed by atoms with Gasteiger partial charge in [0.1, 0.15) is 5.56 Å². The summed E-state index contributed by atoms with van der Waals surface area (Å²) in [6, 6.07) is 1.78. The zero-order valence-electron chi connectivity index (χ0n) is 11.9. The predicted octanol–water partition coefficient (Wildman–Crippen LogP) is 2.20. The van der Waals surface area contributed by atoms with Crippen molar-refractivity contribution in [1.82, 2.24) is 15.2 Å². The number of aromatic carboxylic acids is 1. The zero-order valence-corrected chi connectivity index (χ0v) is 11.9. The van der Waals surface area contributed by atoms with Crippen LogP contribution in [0.1, 0.15) is 40.4 Å². The number of piperidine rings is 1. The van der Waals surface area contributed by atoms with Crippen LogP contribution in [-0.4, -0.2) is 39.3 Å². The molecule has 6 heteroatoms. The molecule has 1 fully saturated rings. The first kappa shape index (κ1) is 13.6. The van der Waals surface area contributed by atoms with E-state index in [1.54, 1.807) is 12.3 Å². The quantitative estimate of drug-likeness (QED) is 0.904. The lowest BCUT2D eigenvalue weighted by molar-refractivity contribution is 0.0697. The number of carboxylic acid groups (broad SMARTS) is 1. The molecule has 6 nitrogen and oxygen atoms in total. The molecule has 1 aliphatic rings. The van der Waals surface area contributed by atoms with Crippen molar-refractivity contribution < 1.29 is 9.90 Å². The number of H-pyrrole nitrogens is 1. The Morgan fingerprint density at radius 3 is 2.76 bits per heavy atom. The highest BCUT2D eigenvalue weighted by Gasteiger charge is 2.25. The van der Waals surface area contributed by atoms with Crippen LogP contribution in [0.4, 0.5) is 5.69 Å². The number of pyridine rings is 1. The fraction of sp³-hybridized carbons (Fsp3) is 0.400. The van der Waals surface area contributed by atoms with E-state index in [9.17, 15) is 9.90 Å². The van der Waals surface area contributed by atoms with E-state index in [1.807, 2.05) is 13.1 Å². The molecule has 1 aliphatic heterocycles. The van der Waals surface area contributed by atoms with E-state index < -0.39 is 5.97 Å². The van der Waals surface area contributed by atoms with Gasteiger partial charge in [0, 0.05) is 31.2 Å². The lowest BCUT2D eigenvalue weighted by Crippen LogP contribution is -2.34. The van der Waals surface area contributed by atoms with E-state index >= 15 is 0 Å². The lowest BCUT2D eigenvalue weighted by Gasteiger charge is -2.34. The third-order valence-corrected chi connectivity index (χ3v) is 4.17. The van der Waals surface area contributed by atoms with Crippen molar-refractivity contribution in [3.63, 3.8) is 0 Å². The molecule has 0 amide bonds. The zero-order chi connectivity index (χ0) is 14.8. The summed E-state index contributed by atoms with van der Waals surface area (Å²) in [5, 5.41) is 16.3. The summed E-state index contributed by atoms with van der Waals surface area (Å²) in [5.41, 5.74) is 3.45. The van der Waals surface area contributed by atoms with E-state index in [0.29, 0.717) is 5.92 Å². The molecular formula is C15H18N4O2. The van der Waals surface area contributed by atoms with Crippen LogP contribution in [0.5, 0.6) is 0 Å². The molecule has 2 aromatic heterocycles. The Morgan fingerprint density at radius 2 is 2.14 bits per heavy atom. The molecule has 2 N–H and O–H groups in total. The van der Waals surface area contributed by atoms with Crippen molar-refractivity contribution in [2.75, 3.05) is 18.0 Å². The Kier molecular flexibility index (Phi) is 3.60. The van der Waals surface area contributed by atoms with E-state index in [2.05, 4.69) is 20.1 Å². The highest BCUT2D eigenvalue weighted by atomic mass is 16.4. The van der Waals surface area contributed by atoms with Crippen molar-refractivity contribution in [1.29, 1.82) is 0 Å². The number of carboxylic acids is 1. The van der Waals surface area contributed by atoms with Gasteiger partial charge in [-0.1, -0.05) is 0 Å². The number of carbonyl (C=O) groups is 1. The highest BCUT2D eigenvalue weighted by Crippen LogP contribution is 2.32. The third-order valence-electron chi connectivity index (χ3n) is 4.17. The van der Waals surface area contributed by atoms with Gasteiger partial charge in [-0.15, -0.1) is 0 Å². The van der Waals surface area contributed by atoms with Gasteiger partial charge in [0.15, 0.2) is 0 Å². The molecule has 0 unspecified atom stereocenters. The molecule has 1 saturated heterocycles. The van der Waals surface area contributed by atoms with E-state index in [1.165, 1.54) is 11.8 Å². The third kappa shape index (κ3) is 2.61. The smallest absolute Gasteiger partial charge is 0.339 e. The van der Waals surface area contributed by atoms with E-state index in [4.69, 9.17) is 0 Å². The first-order valence-electron chi connectivity index (χ1n) is 7.09. The topological polar surface area (TPSA) is 82.1 Å². The van der Waals surface area contributed by atoms with E-state index in [-0.39, 0.29) is 5.56 Å². The summed E-state index contributed by atoms with van der Waals surface area (Å²) in [5.74, 6) is -0.430. The standard InChI is InChI=1S/C15H18N4O2/c1-10-12(9-17-18-10)11-3-6-19(7-4-11)14-2-5-16-8-13(14)15(20)21/h2,5,8-9,11H,3-4,6-7H2,1H3,(H,17,18)(H,20,21). The van der Waals surface area contributed by atoms with Gasteiger partial charge < -0.3 is 10.0 Å². The summed E-state index contributed by atoms with van der Waals surface area (Å²) in [6.07, 6.45) is 6.98. The van der Waals surface area contributed by atoms with Crippen LogP contribution in [0.15, 0.2) is 24.7 Å². The molecule has 0 bridgehead atoms. The summed E-state index contributed by atoms with van der Waals surface area (Å²) >= 11 is 0. The molecule has 3 heterocycles. The maximum atomic E-state index is 11.3. The van der Waals surface area contributed by atoms with Crippen LogP contribution >= 0.6 is 0 Å². The Balaban J connectivity index is 1.75. The number of hydrogen-bond donors (Lipinski definition) is 2. The van der Waals surface area contributed by atoms with Gasteiger partial charge in [0.2, 0.25) is 0 Å². The second-order valence-electron chi connectivity index (χ2n) is 5.41. The summed E-state index contributed by atoms with van der Waals surface area (Å²) in [6.45, 7) is 3.74. The largest absolute Gasteiger partial charge is 0.478 e. The number of rotatable bonds is 3. The molecule has 0 saturated carbocycles. The second-order valence-corrected chi connectivity index (χ2v) is 5.41. The molecule has 110 valence electrons. The first-order chi connectivity index (χ1) is 10.2. The van der Waals surface area contributed by atoms with Crippen molar-refractivity contribution in [2.45, 2.75) is 25.7 Å². The number of aryl methyl sites for hydroxylation is 1. The summed E-state index contributed by atoms with van der Waals surface area (Å²) < 4.78 is 0. The number of aromatic amines is 1. The second kappa shape index (κ2) is 5.55. The van der Waals surface area contributed by atoms with Gasteiger partial charge in [-0.2, -0.15) is 5.10 Å². The van der Waals surface area contributed by atoms with Crippen LogP contribution < -0.4 is 4.90 Å². The van der Waals surface area contributed by atoms with Crippen molar-refractivity contribution in [2.24, 2.45) is 0 Å². The van der Waals surface area contributed by atoms with Crippen LogP contribution in [0.3, 0.4) is 0 Å². The Bertz CT molecular complexity index is 645. The summed E-state index contributed by atoms with van der Waals surface area (Å²) in [4.78, 5) is 17.3. The minimum Gasteiger partial charge on any atom is -0.478 e. The fourth-order valence-electron chi connectivity index (χ4n) is 3.03. The average Bonchev–Trinajstić information content (AvgIpc) is 2.93. The maximum Gasteiger partial charge on any atom is 0.339 e. The molecule has 3 rings (SSSR count). The number of hydrogen-bond acceptors (Lipinski definition) is 4. The van der Waals surface area contributed by atoms with Gasteiger partial charge in [-0.05, 0) is 37.3 Å². The fourth-order valence-corrected chi connectivity index (χ4v) is 3.03. The molecule has 21 heavy (non-hydrogen) atoms. The number of nitrogens with one attached hydrogen (secondary N) is 1. The van der Waals surface area contributed by atoms with Gasteiger partial charge in [0.25, 0.3) is 0 Å². The van der Waals surface area contributed by atoms with Crippen LogP contribution in [0, 0.1) is 6.92 Å². The van der Waals surface area contributed by atoms with Crippen molar-refractivity contribution in [3.05, 3.63) is 41.5 Å². The lowest BCUT2D eigenvalue weighted by atomic mass is 9.89. The van der Waals surface area contributed by atoms with Crippen molar-refractivity contribution in [3.8, 4) is 0 Å². The first-order valence-corrected chi connectivity index (χ1v) is 7.09. The molecule has 0 aromatic carbocycles. The van der Waals surface area contributed by atoms with Crippen LogP contribution in [-0.2, 0) is 0 Å². The number of anilines is 1. The Labute approximate surface area is 122 Å². The van der Waals surface area contributed by atoms with Crippen LogP contribution in [0.25, 0.3) is 0 Å². The highest BCUT2D eigenvalue weighted by molar-refractivity contribution is 5.94. The van der Waals surface area contributed by atoms with Crippen LogP contribution in [0.2, 0.25) is 0 Å². The predicted molar refractivity (Wildman–Crippen MR) is 78.7 cm³/mol. The number of nitrogens with zero attached hydrogens (tertiary/aromatic N) is 3. The Hall–Kier alpha value is -2.37. The molecule has 0 spiro atoms. The van der Waals surface area contributed by atoms with Gasteiger partial charge in [-0.25, -0.2) is 4.79 Å². The number of aromatic nitrogens is 3. The van der Waals surface area contributed by atoms with Crippen molar-refractivity contribution >= 4 is 11.7 Å². The van der Waals surface area contributed by atoms with Gasteiger partial charge >= 0.3 is 5.97 Å². The van der Waals surface area contributed by atoms with Gasteiger partial charge in [-0.3, -0.25) is 10.1 Å².